The molecule has 2 atom stereocenters. The molecular formula is C39H46N10O6. The Morgan fingerprint density at radius 2 is 1.67 bits per heavy atom. The van der Waals surface area contributed by atoms with Crippen molar-refractivity contribution in [2.24, 2.45) is 5.73 Å². The fourth-order valence-corrected chi connectivity index (χ4v) is 8.52. The number of fused-ring (bicyclic) bond motifs is 1. The summed E-state index contributed by atoms with van der Waals surface area (Å²) >= 11 is 0. The van der Waals surface area contributed by atoms with E-state index in [1.807, 2.05) is 30.1 Å². The molecule has 16 heteroatoms. The number of carbonyl (C=O) groups excluding carboxylic acids is 6. The number of amides is 7. The van der Waals surface area contributed by atoms with Crippen molar-refractivity contribution in [1.29, 1.82) is 0 Å². The normalized spacial score (nSPS) is 22.7. The third-order valence-electron chi connectivity index (χ3n) is 11.9. The lowest BCUT2D eigenvalue weighted by Crippen LogP contribution is -2.54. The van der Waals surface area contributed by atoms with Gasteiger partial charge in [0.2, 0.25) is 11.8 Å². The van der Waals surface area contributed by atoms with Crippen molar-refractivity contribution in [1.82, 2.24) is 30.0 Å². The van der Waals surface area contributed by atoms with Gasteiger partial charge in [-0.2, -0.15) is 0 Å². The van der Waals surface area contributed by atoms with E-state index in [1.54, 1.807) is 23.2 Å². The summed E-state index contributed by atoms with van der Waals surface area (Å²) in [6.07, 6.45) is 5.24. The third-order valence-corrected chi connectivity index (χ3v) is 11.9. The fraction of sp³-hybridized carbons (Fsp3) is 0.436. The molecule has 16 nitrogen and oxygen atoms in total. The second-order valence-corrected chi connectivity index (χ2v) is 15.4. The quantitative estimate of drug-likeness (QED) is 0.287. The highest BCUT2D eigenvalue weighted by atomic mass is 16.2. The van der Waals surface area contributed by atoms with Gasteiger partial charge in [0.1, 0.15) is 11.9 Å². The lowest BCUT2D eigenvalue weighted by atomic mass is 9.74. The summed E-state index contributed by atoms with van der Waals surface area (Å²) in [7, 11) is 1.82. The first kappa shape index (κ1) is 35.9. The lowest BCUT2D eigenvalue weighted by molar-refractivity contribution is -0.136. The molecule has 0 bridgehead atoms. The molecule has 55 heavy (non-hydrogen) atoms. The molecule has 2 aromatic carbocycles. The van der Waals surface area contributed by atoms with Gasteiger partial charge in [-0.3, -0.25) is 34.2 Å². The molecule has 0 spiro atoms. The molecule has 0 aliphatic carbocycles. The second-order valence-electron chi connectivity index (χ2n) is 15.4. The molecule has 4 saturated heterocycles. The Bertz CT molecular complexity index is 2110. The third kappa shape index (κ3) is 6.59. The summed E-state index contributed by atoms with van der Waals surface area (Å²) in [4.78, 5) is 93.8. The van der Waals surface area contributed by atoms with Crippen molar-refractivity contribution >= 4 is 58.6 Å². The van der Waals surface area contributed by atoms with Crippen LogP contribution in [0.15, 0.2) is 48.7 Å². The van der Waals surface area contributed by atoms with Gasteiger partial charge in [-0.25, -0.2) is 14.8 Å². The first-order valence-corrected chi connectivity index (χ1v) is 18.8. The van der Waals surface area contributed by atoms with Crippen molar-refractivity contribution in [2.75, 3.05) is 61.4 Å². The molecule has 8 rings (SSSR count). The Kier molecular flexibility index (Phi) is 9.13. The second kappa shape index (κ2) is 14.0. The van der Waals surface area contributed by atoms with E-state index >= 15 is 0 Å². The predicted molar refractivity (Wildman–Crippen MR) is 204 cm³/mol. The van der Waals surface area contributed by atoms with Gasteiger partial charge in [0.25, 0.3) is 17.7 Å². The van der Waals surface area contributed by atoms with Gasteiger partial charge >= 0.3 is 6.03 Å². The smallest absolute Gasteiger partial charge is 0.320 e. The minimum Gasteiger partial charge on any atom is -0.371 e. The molecule has 0 radical (unpaired) electrons. The number of nitrogens with zero attached hydrogens (tertiary/aromatic N) is 7. The molecule has 4 N–H and O–H groups in total. The first-order chi connectivity index (χ1) is 26.4. The van der Waals surface area contributed by atoms with Crippen LogP contribution < -0.4 is 26.2 Å². The van der Waals surface area contributed by atoms with Crippen molar-refractivity contribution < 1.29 is 30.2 Å². The minimum atomic E-state index is -1.00. The Morgan fingerprint density at radius 1 is 0.927 bits per heavy atom. The summed E-state index contributed by atoms with van der Waals surface area (Å²) in [6, 6.07) is 12.4. The molecule has 5 aliphatic heterocycles. The summed E-state index contributed by atoms with van der Waals surface area (Å²) in [5.41, 5.74) is 8.86. The van der Waals surface area contributed by atoms with E-state index in [0.717, 1.165) is 67.2 Å². The van der Waals surface area contributed by atoms with Crippen LogP contribution in [0, 0.1) is 0 Å². The van der Waals surface area contributed by atoms with Gasteiger partial charge in [-0.05, 0) is 73.4 Å². The number of benzene rings is 2. The molecule has 0 saturated carbocycles. The number of rotatable bonds is 8. The minimum absolute atomic E-state index is 0. The molecule has 5 aliphatic rings. The van der Waals surface area contributed by atoms with E-state index in [0.29, 0.717) is 25.5 Å². The van der Waals surface area contributed by atoms with Gasteiger partial charge < -0.3 is 30.7 Å². The van der Waals surface area contributed by atoms with Gasteiger partial charge in [-0.1, -0.05) is 19.1 Å². The zero-order valence-electron chi connectivity index (χ0n) is 30.9. The van der Waals surface area contributed by atoms with Crippen LogP contribution in [0.1, 0.15) is 83.6 Å². The van der Waals surface area contributed by atoms with E-state index in [-0.39, 0.29) is 54.4 Å². The number of likely N-dealkylation sites (N-methyl/N-ethyl adjacent to an activating group) is 1. The summed E-state index contributed by atoms with van der Waals surface area (Å²) in [6.45, 7) is 6.48. The maximum Gasteiger partial charge on any atom is 0.320 e. The number of urea groups is 1. The number of imide groups is 2. The van der Waals surface area contributed by atoms with Crippen LogP contribution >= 0.6 is 0 Å². The van der Waals surface area contributed by atoms with Crippen LogP contribution in [0.5, 0.6) is 0 Å². The fourth-order valence-electron chi connectivity index (χ4n) is 8.52. The average Bonchev–Trinajstić information content (AvgIpc) is 3.64. The van der Waals surface area contributed by atoms with E-state index in [9.17, 15) is 28.8 Å². The van der Waals surface area contributed by atoms with E-state index in [2.05, 4.69) is 44.5 Å². The SMILES string of the molecule is CN1CCN([C@@H]2CCCN(c3cnc(C(N)=O)c(Nc4ccc(C5(C)CCN(c6ccc7c(c6)C(=O)N(C6CCC(=O)NC6=O)C7=O)CC5)cc4)n3)C2)C1=O.[HH]. The number of nitrogens with one attached hydrogen (secondary N) is 2. The number of nitrogens with two attached hydrogens (primary N) is 1. The van der Waals surface area contributed by atoms with Crippen molar-refractivity contribution in [3.63, 3.8) is 0 Å². The number of hydrogen-bond acceptors (Lipinski definition) is 11. The predicted octanol–water partition coefficient (Wildman–Crippen LogP) is 2.86. The topological polar surface area (TPSA) is 194 Å². The van der Waals surface area contributed by atoms with Crippen LogP contribution in [0.25, 0.3) is 0 Å². The molecule has 4 fully saturated rings. The van der Waals surface area contributed by atoms with Gasteiger partial charge in [0.05, 0.1) is 23.4 Å². The number of piperidine rings is 3. The van der Waals surface area contributed by atoms with Crippen LogP contribution in [-0.4, -0.2) is 119 Å². The largest absolute Gasteiger partial charge is 0.371 e. The van der Waals surface area contributed by atoms with Crippen molar-refractivity contribution in [3.05, 3.63) is 71.0 Å². The number of hydrogen-bond donors (Lipinski definition) is 3. The first-order valence-electron chi connectivity index (χ1n) is 18.8. The highest BCUT2D eigenvalue weighted by molar-refractivity contribution is 6.23. The Labute approximate surface area is 319 Å². The van der Waals surface area contributed by atoms with Gasteiger partial charge in [-0.15, -0.1) is 0 Å². The molecule has 288 valence electrons. The molecule has 7 amide bonds. The standard InChI is InChI=1S/C39H44N10O6.H2/c1-39(13-16-46(17-14-39)25-9-10-27-28(20-25)37(54)49(36(27)53)29-11-12-31(50)44-35(29)52)23-5-7-24(8-6-23)42-34-32(33(40)51)41-21-30(43-34)47-15-3-4-26(22-47)48-19-18-45(2)38(48)55;/h5-10,20-21,26,29H,3-4,11-19,22H2,1-2H3,(H2,40,51)(H,42,43)(H,44,50,52);1H/t26-,29?;/m1./s1. The number of primary amides is 1. The maximum atomic E-state index is 13.4. The summed E-state index contributed by atoms with van der Waals surface area (Å²) in [5.74, 6) is -1.88. The molecule has 1 unspecified atom stereocenters. The van der Waals surface area contributed by atoms with E-state index in [4.69, 9.17) is 10.7 Å². The zero-order valence-corrected chi connectivity index (χ0v) is 30.9. The maximum absolute atomic E-state index is 13.4. The Hall–Kier alpha value is -6.06. The summed E-state index contributed by atoms with van der Waals surface area (Å²) < 4.78 is 0. The Morgan fingerprint density at radius 3 is 2.36 bits per heavy atom. The number of aromatic nitrogens is 2. The highest BCUT2D eigenvalue weighted by Crippen LogP contribution is 2.39. The van der Waals surface area contributed by atoms with E-state index < -0.39 is 35.6 Å². The number of carbonyl (C=O) groups is 6. The molecule has 6 heterocycles. The van der Waals surface area contributed by atoms with Gasteiger partial charge in [0, 0.05) is 65.5 Å². The Balaban J connectivity index is 0.00000480. The number of anilines is 4. The summed E-state index contributed by atoms with van der Waals surface area (Å²) in [5, 5.41) is 5.50. The van der Waals surface area contributed by atoms with Crippen molar-refractivity contribution in [2.45, 2.75) is 62.9 Å². The lowest BCUT2D eigenvalue weighted by Gasteiger charge is -2.41. The van der Waals surface area contributed by atoms with E-state index in [1.165, 1.54) is 0 Å². The average molecular weight is 751 g/mol. The van der Waals surface area contributed by atoms with Crippen LogP contribution in [0.2, 0.25) is 0 Å². The van der Waals surface area contributed by atoms with Crippen LogP contribution in [0.3, 0.4) is 0 Å². The molecule has 3 aromatic rings. The highest BCUT2D eigenvalue weighted by Gasteiger charge is 2.45. The van der Waals surface area contributed by atoms with Gasteiger partial charge in [0.15, 0.2) is 11.5 Å². The van der Waals surface area contributed by atoms with Crippen LogP contribution in [-0.2, 0) is 15.0 Å². The van der Waals surface area contributed by atoms with Crippen molar-refractivity contribution in [3.8, 4) is 0 Å². The molecular weight excluding hydrogens is 704 g/mol. The van der Waals surface area contributed by atoms with Crippen LogP contribution in [0.4, 0.5) is 27.8 Å². The zero-order chi connectivity index (χ0) is 38.6. The molecule has 1 aromatic heterocycles. The monoisotopic (exact) mass is 750 g/mol.